The van der Waals surface area contributed by atoms with E-state index in [0.29, 0.717) is 17.3 Å². The third-order valence-electron chi connectivity index (χ3n) is 4.10. The number of anilines is 1. The zero-order valence-corrected chi connectivity index (χ0v) is 16.2. The smallest absolute Gasteiger partial charge is 0.253 e. The lowest BCUT2D eigenvalue weighted by molar-refractivity contribution is 0.0949. The summed E-state index contributed by atoms with van der Waals surface area (Å²) in [5.41, 5.74) is 1.67. The maximum atomic E-state index is 12.3. The summed E-state index contributed by atoms with van der Waals surface area (Å²) in [6.07, 6.45) is 5.97. The molecule has 1 unspecified atom stereocenters. The summed E-state index contributed by atoms with van der Waals surface area (Å²) < 4.78 is 5.12. The maximum Gasteiger partial charge on any atom is 0.253 e. The summed E-state index contributed by atoms with van der Waals surface area (Å²) >= 11 is 0. The standard InChI is InChI=1S/C20H24N6O2/c1-13(2)20-25-18(26-28-20)12-23-19(27)16-4-5-17(22-11-16)24-14(3)10-15-6-8-21-9-7-15/h4-9,11,13-14H,10,12H2,1-3H3,(H,22,24)(H,23,27). The molecule has 2 N–H and O–H groups in total. The maximum absolute atomic E-state index is 12.3. The Bertz CT molecular complexity index is 893. The number of nitrogens with one attached hydrogen (secondary N) is 2. The highest BCUT2D eigenvalue weighted by Crippen LogP contribution is 2.12. The predicted molar refractivity (Wildman–Crippen MR) is 105 cm³/mol. The van der Waals surface area contributed by atoms with Crippen LogP contribution in [0.5, 0.6) is 0 Å². The van der Waals surface area contributed by atoms with Crippen LogP contribution < -0.4 is 10.6 Å². The summed E-state index contributed by atoms with van der Waals surface area (Å²) in [6, 6.07) is 7.71. The van der Waals surface area contributed by atoms with Crippen LogP contribution in [0.2, 0.25) is 0 Å². The third-order valence-corrected chi connectivity index (χ3v) is 4.10. The number of rotatable bonds is 8. The molecule has 0 bridgehead atoms. The van der Waals surface area contributed by atoms with E-state index in [4.69, 9.17) is 4.52 Å². The molecular weight excluding hydrogens is 356 g/mol. The van der Waals surface area contributed by atoms with E-state index >= 15 is 0 Å². The number of carbonyl (C=O) groups excluding carboxylic acids is 1. The van der Waals surface area contributed by atoms with E-state index in [1.54, 1.807) is 30.7 Å². The monoisotopic (exact) mass is 380 g/mol. The van der Waals surface area contributed by atoms with Gasteiger partial charge in [0.25, 0.3) is 5.91 Å². The average molecular weight is 380 g/mol. The van der Waals surface area contributed by atoms with Crippen LogP contribution in [0.15, 0.2) is 47.4 Å². The van der Waals surface area contributed by atoms with Crippen LogP contribution >= 0.6 is 0 Å². The molecule has 28 heavy (non-hydrogen) atoms. The van der Waals surface area contributed by atoms with E-state index in [1.165, 1.54) is 5.56 Å². The molecule has 3 aromatic heterocycles. The van der Waals surface area contributed by atoms with Gasteiger partial charge in [0.15, 0.2) is 5.82 Å². The lowest BCUT2D eigenvalue weighted by Gasteiger charge is -2.14. The first-order valence-corrected chi connectivity index (χ1v) is 9.23. The van der Waals surface area contributed by atoms with Gasteiger partial charge in [0.2, 0.25) is 5.89 Å². The van der Waals surface area contributed by atoms with E-state index in [0.717, 1.165) is 12.2 Å². The van der Waals surface area contributed by atoms with Gasteiger partial charge in [-0.25, -0.2) is 4.98 Å². The van der Waals surface area contributed by atoms with Crippen molar-refractivity contribution < 1.29 is 9.32 Å². The summed E-state index contributed by atoms with van der Waals surface area (Å²) in [7, 11) is 0. The largest absolute Gasteiger partial charge is 0.367 e. The second-order valence-corrected chi connectivity index (χ2v) is 6.92. The second-order valence-electron chi connectivity index (χ2n) is 6.92. The van der Waals surface area contributed by atoms with Gasteiger partial charge in [-0.15, -0.1) is 0 Å². The zero-order chi connectivity index (χ0) is 19.9. The number of pyridine rings is 2. The highest BCUT2D eigenvalue weighted by molar-refractivity contribution is 5.93. The van der Waals surface area contributed by atoms with Gasteiger partial charge in [-0.3, -0.25) is 9.78 Å². The molecule has 0 fully saturated rings. The molecule has 0 spiro atoms. The zero-order valence-electron chi connectivity index (χ0n) is 16.2. The summed E-state index contributed by atoms with van der Waals surface area (Å²) in [5.74, 6) is 1.65. The first-order valence-electron chi connectivity index (χ1n) is 9.23. The van der Waals surface area contributed by atoms with Gasteiger partial charge in [0.1, 0.15) is 5.82 Å². The van der Waals surface area contributed by atoms with Crippen molar-refractivity contribution >= 4 is 11.7 Å². The van der Waals surface area contributed by atoms with E-state index in [1.807, 2.05) is 26.0 Å². The lowest BCUT2D eigenvalue weighted by Crippen LogP contribution is -2.24. The Labute approximate surface area is 163 Å². The van der Waals surface area contributed by atoms with Crippen LogP contribution in [0, 0.1) is 0 Å². The molecule has 3 aromatic rings. The molecule has 1 atom stereocenters. The molecule has 0 aliphatic heterocycles. The Morgan fingerprint density at radius 2 is 1.93 bits per heavy atom. The molecule has 8 nitrogen and oxygen atoms in total. The van der Waals surface area contributed by atoms with Gasteiger partial charge in [-0.1, -0.05) is 19.0 Å². The van der Waals surface area contributed by atoms with Crippen LogP contribution in [-0.2, 0) is 13.0 Å². The van der Waals surface area contributed by atoms with Crippen molar-refractivity contribution in [2.45, 2.75) is 45.7 Å². The minimum absolute atomic E-state index is 0.155. The molecule has 0 saturated heterocycles. The fourth-order valence-electron chi connectivity index (χ4n) is 2.62. The van der Waals surface area contributed by atoms with Gasteiger partial charge in [-0.2, -0.15) is 4.98 Å². The number of carbonyl (C=O) groups is 1. The molecule has 0 radical (unpaired) electrons. The topological polar surface area (TPSA) is 106 Å². The van der Waals surface area contributed by atoms with Gasteiger partial charge in [0, 0.05) is 30.6 Å². The molecule has 146 valence electrons. The molecule has 0 aromatic carbocycles. The molecular formula is C20H24N6O2. The Balaban J connectivity index is 1.50. The number of aromatic nitrogens is 4. The Morgan fingerprint density at radius 1 is 1.14 bits per heavy atom. The molecule has 1 amide bonds. The molecule has 8 heteroatoms. The fraction of sp³-hybridized carbons (Fsp3) is 0.350. The van der Waals surface area contributed by atoms with E-state index in [2.05, 4.69) is 37.7 Å². The van der Waals surface area contributed by atoms with E-state index in [9.17, 15) is 4.79 Å². The van der Waals surface area contributed by atoms with Crippen molar-refractivity contribution in [3.05, 3.63) is 65.7 Å². The highest BCUT2D eigenvalue weighted by atomic mass is 16.5. The number of amides is 1. The summed E-state index contributed by atoms with van der Waals surface area (Å²) in [4.78, 5) is 24.9. The first kappa shape index (κ1) is 19.5. The van der Waals surface area contributed by atoms with Crippen molar-refractivity contribution in [3.8, 4) is 0 Å². The minimum Gasteiger partial charge on any atom is -0.367 e. The predicted octanol–water partition coefficient (Wildman–Crippen LogP) is 2.96. The van der Waals surface area contributed by atoms with Gasteiger partial charge < -0.3 is 15.2 Å². The highest BCUT2D eigenvalue weighted by Gasteiger charge is 2.12. The third kappa shape index (κ3) is 5.35. The average Bonchev–Trinajstić information content (AvgIpc) is 3.17. The number of nitrogens with zero attached hydrogens (tertiary/aromatic N) is 4. The van der Waals surface area contributed by atoms with Crippen LogP contribution in [-0.4, -0.2) is 32.1 Å². The summed E-state index contributed by atoms with van der Waals surface area (Å²) in [6.45, 7) is 6.22. The van der Waals surface area contributed by atoms with Crippen molar-refractivity contribution in [1.82, 2.24) is 25.4 Å². The van der Waals surface area contributed by atoms with Crippen LogP contribution in [0.4, 0.5) is 5.82 Å². The number of hydrogen-bond donors (Lipinski definition) is 2. The van der Waals surface area contributed by atoms with Crippen LogP contribution in [0.3, 0.4) is 0 Å². The van der Waals surface area contributed by atoms with Gasteiger partial charge in [-0.05, 0) is 43.2 Å². The van der Waals surface area contributed by atoms with Crippen molar-refractivity contribution in [3.63, 3.8) is 0 Å². The van der Waals surface area contributed by atoms with Crippen molar-refractivity contribution in [1.29, 1.82) is 0 Å². The minimum atomic E-state index is -0.236. The first-order chi connectivity index (χ1) is 13.5. The van der Waals surface area contributed by atoms with Crippen LogP contribution in [0.25, 0.3) is 0 Å². The molecule has 3 rings (SSSR count). The van der Waals surface area contributed by atoms with Crippen LogP contribution in [0.1, 0.15) is 54.3 Å². The second kappa shape index (κ2) is 9.07. The Morgan fingerprint density at radius 3 is 2.57 bits per heavy atom. The molecule has 3 heterocycles. The Hall–Kier alpha value is -3.29. The SMILES string of the molecule is CC(Cc1ccncc1)Nc1ccc(C(=O)NCc2noc(C(C)C)n2)cn1. The normalized spacial score (nSPS) is 12.0. The Kier molecular flexibility index (Phi) is 6.31. The van der Waals surface area contributed by atoms with Gasteiger partial charge in [0.05, 0.1) is 12.1 Å². The molecule has 0 aliphatic carbocycles. The molecule has 0 aliphatic rings. The van der Waals surface area contributed by atoms with Crippen molar-refractivity contribution in [2.75, 3.05) is 5.32 Å². The molecule has 0 saturated carbocycles. The summed E-state index contributed by atoms with van der Waals surface area (Å²) in [5, 5.41) is 9.96. The van der Waals surface area contributed by atoms with Gasteiger partial charge >= 0.3 is 0 Å². The quantitative estimate of drug-likeness (QED) is 0.619. The van der Waals surface area contributed by atoms with E-state index in [-0.39, 0.29) is 24.4 Å². The fourth-order valence-corrected chi connectivity index (χ4v) is 2.62. The van der Waals surface area contributed by atoms with Crippen molar-refractivity contribution in [2.24, 2.45) is 0 Å². The number of hydrogen-bond acceptors (Lipinski definition) is 7. The lowest BCUT2D eigenvalue weighted by atomic mass is 10.1. The van der Waals surface area contributed by atoms with E-state index < -0.39 is 0 Å².